The van der Waals surface area contributed by atoms with Gasteiger partial charge in [-0.05, 0) is 23.6 Å². The molecule has 3 aromatic rings. The van der Waals surface area contributed by atoms with E-state index in [0.717, 1.165) is 16.7 Å². The molecule has 1 fully saturated rings. The molecule has 1 saturated heterocycles. The summed E-state index contributed by atoms with van der Waals surface area (Å²) in [7, 11) is -3.88. The van der Waals surface area contributed by atoms with Crippen LogP contribution in [0.3, 0.4) is 0 Å². The molecule has 8 heteroatoms. The summed E-state index contributed by atoms with van der Waals surface area (Å²) < 4.78 is 42.8. The monoisotopic (exact) mass is 526 g/mol. The summed E-state index contributed by atoms with van der Waals surface area (Å²) in [6, 6.07) is 29.5. The Bertz CT molecular complexity index is 1100. The Morgan fingerprint density at radius 1 is 0.730 bits per heavy atom. The first-order valence-electron chi connectivity index (χ1n) is 12.6. The summed E-state index contributed by atoms with van der Waals surface area (Å²) in [5, 5.41) is 0. The fourth-order valence-electron chi connectivity index (χ4n) is 4.37. The van der Waals surface area contributed by atoms with Crippen molar-refractivity contribution in [3.05, 3.63) is 108 Å². The second-order valence-electron chi connectivity index (χ2n) is 8.97. The van der Waals surface area contributed by atoms with E-state index in [2.05, 4.69) is 0 Å². The Kier molecular flexibility index (Phi) is 10.5. The van der Waals surface area contributed by atoms with Gasteiger partial charge in [-0.3, -0.25) is 4.57 Å². The van der Waals surface area contributed by atoms with Crippen LogP contribution in [-0.2, 0) is 47.9 Å². The lowest BCUT2D eigenvalue weighted by molar-refractivity contribution is -0.0897. The maximum Gasteiger partial charge on any atom is 0.330 e. The summed E-state index contributed by atoms with van der Waals surface area (Å²) in [6.07, 6.45) is -2.47. The summed E-state index contributed by atoms with van der Waals surface area (Å²) in [5.41, 5.74) is 3.05. The molecule has 1 heterocycles. The van der Waals surface area contributed by atoms with Crippen LogP contribution >= 0.6 is 7.60 Å². The van der Waals surface area contributed by atoms with E-state index in [4.69, 9.17) is 23.5 Å². The maximum atomic E-state index is 12.7. The van der Waals surface area contributed by atoms with Gasteiger partial charge in [-0.25, -0.2) is 0 Å². The van der Waals surface area contributed by atoms with Gasteiger partial charge in [-0.2, -0.15) is 0 Å². The first-order chi connectivity index (χ1) is 18.0. The normalized spacial score (nSPS) is 23.1. The minimum Gasteiger partial charge on any atom is -0.374 e. The number of ether oxygens (including phenoxy) is 4. The van der Waals surface area contributed by atoms with Crippen molar-refractivity contribution in [1.29, 1.82) is 0 Å². The molecule has 1 aliphatic rings. The molecule has 1 aliphatic heterocycles. The van der Waals surface area contributed by atoms with Crippen LogP contribution in [0, 0.1) is 0 Å². The van der Waals surface area contributed by atoms with Gasteiger partial charge >= 0.3 is 7.60 Å². The van der Waals surface area contributed by atoms with Gasteiger partial charge in [0.1, 0.15) is 18.3 Å². The standard InChI is InChI=1S/C29H35O7P/c1-2-35-37(30,31)22-27-29(34-20-25-16-10-5-11-17-25)28(33-19-24-14-8-4-9-15-24)26(36-27)21-32-18-23-12-6-3-7-13-23/h3-17,26-29H,2,18-22H2,1H3,(H,30,31)/t26-,27+,28-,29-/m1/s1. The van der Waals surface area contributed by atoms with Crippen molar-refractivity contribution in [2.45, 2.75) is 51.2 Å². The summed E-state index contributed by atoms with van der Waals surface area (Å²) in [6.45, 7) is 3.16. The Labute approximate surface area is 218 Å². The topological polar surface area (TPSA) is 83.5 Å². The van der Waals surface area contributed by atoms with Crippen molar-refractivity contribution in [2.24, 2.45) is 0 Å². The minimum absolute atomic E-state index is 0.133. The second kappa shape index (κ2) is 14.0. The van der Waals surface area contributed by atoms with Gasteiger partial charge in [0.2, 0.25) is 0 Å². The molecule has 1 N–H and O–H groups in total. The predicted molar refractivity (Wildman–Crippen MR) is 141 cm³/mol. The minimum atomic E-state index is -3.88. The molecule has 0 saturated carbocycles. The zero-order valence-electron chi connectivity index (χ0n) is 21.1. The summed E-state index contributed by atoms with van der Waals surface area (Å²) in [5.74, 6) is 0. The molecule has 3 aromatic carbocycles. The van der Waals surface area contributed by atoms with Crippen LogP contribution in [0.25, 0.3) is 0 Å². The molecule has 37 heavy (non-hydrogen) atoms. The quantitative estimate of drug-likeness (QED) is 0.283. The molecule has 198 valence electrons. The fraction of sp³-hybridized carbons (Fsp3) is 0.379. The van der Waals surface area contributed by atoms with Gasteiger partial charge in [0, 0.05) is 0 Å². The largest absolute Gasteiger partial charge is 0.374 e. The van der Waals surface area contributed by atoms with E-state index in [-0.39, 0.29) is 19.4 Å². The molecule has 0 bridgehead atoms. The molecule has 1 unspecified atom stereocenters. The van der Waals surface area contributed by atoms with Gasteiger partial charge < -0.3 is 28.4 Å². The third-order valence-corrected chi connectivity index (χ3v) is 7.59. The van der Waals surface area contributed by atoms with Crippen molar-refractivity contribution in [3.8, 4) is 0 Å². The van der Waals surface area contributed by atoms with Crippen LogP contribution < -0.4 is 0 Å². The second-order valence-corrected chi connectivity index (χ2v) is 10.9. The van der Waals surface area contributed by atoms with E-state index in [0.29, 0.717) is 19.8 Å². The molecule has 0 aromatic heterocycles. The average Bonchev–Trinajstić information content (AvgIpc) is 3.22. The van der Waals surface area contributed by atoms with E-state index in [9.17, 15) is 9.46 Å². The van der Waals surface area contributed by atoms with Crippen LogP contribution in [0.1, 0.15) is 23.6 Å². The highest BCUT2D eigenvalue weighted by Crippen LogP contribution is 2.45. The van der Waals surface area contributed by atoms with Crippen LogP contribution in [0.4, 0.5) is 0 Å². The van der Waals surface area contributed by atoms with Gasteiger partial charge in [-0.1, -0.05) is 91.0 Å². The first-order valence-corrected chi connectivity index (χ1v) is 14.3. The van der Waals surface area contributed by atoms with Gasteiger partial charge in [0.15, 0.2) is 0 Å². The van der Waals surface area contributed by atoms with E-state index >= 15 is 0 Å². The number of hydrogen-bond acceptors (Lipinski definition) is 6. The average molecular weight is 527 g/mol. The SMILES string of the molecule is CCOP(=O)(O)C[C@@H]1O[C@H](COCc2ccccc2)[C@@H](OCc2ccccc2)[C@@H]1OCc1ccccc1. The summed E-state index contributed by atoms with van der Waals surface area (Å²) in [4.78, 5) is 10.4. The third kappa shape index (κ3) is 8.59. The van der Waals surface area contributed by atoms with Gasteiger partial charge in [-0.15, -0.1) is 0 Å². The molecule has 0 spiro atoms. The Hall–Kier alpha value is -2.35. The third-order valence-electron chi connectivity index (χ3n) is 6.11. The lowest BCUT2D eigenvalue weighted by Gasteiger charge is -2.26. The molecule has 7 nitrogen and oxygen atoms in total. The zero-order chi connectivity index (χ0) is 25.9. The van der Waals surface area contributed by atoms with Gasteiger partial charge in [0.05, 0.1) is 45.3 Å². The maximum absolute atomic E-state index is 12.7. The molecule has 0 radical (unpaired) electrons. The van der Waals surface area contributed by atoms with Crippen molar-refractivity contribution in [3.63, 3.8) is 0 Å². The molecule has 4 rings (SSSR count). The highest BCUT2D eigenvalue weighted by Gasteiger charge is 2.48. The lowest BCUT2D eigenvalue weighted by atomic mass is 10.1. The molecule has 5 atom stereocenters. The smallest absolute Gasteiger partial charge is 0.330 e. The van der Waals surface area contributed by atoms with Crippen LogP contribution in [-0.4, -0.2) is 48.7 Å². The first kappa shape index (κ1) is 27.7. The number of benzene rings is 3. The number of hydrogen-bond donors (Lipinski definition) is 1. The Morgan fingerprint density at radius 2 is 1.19 bits per heavy atom. The molecular weight excluding hydrogens is 491 g/mol. The molecule has 0 aliphatic carbocycles. The highest BCUT2D eigenvalue weighted by molar-refractivity contribution is 7.52. The van der Waals surface area contributed by atoms with E-state index in [1.807, 2.05) is 91.0 Å². The van der Waals surface area contributed by atoms with Crippen LogP contribution in [0.2, 0.25) is 0 Å². The Balaban J connectivity index is 1.51. The molecular formula is C29H35O7P. The van der Waals surface area contributed by atoms with E-state index in [1.54, 1.807) is 6.92 Å². The van der Waals surface area contributed by atoms with Crippen molar-refractivity contribution in [2.75, 3.05) is 19.4 Å². The van der Waals surface area contributed by atoms with Crippen molar-refractivity contribution in [1.82, 2.24) is 0 Å². The predicted octanol–water partition coefficient (Wildman–Crippen LogP) is 5.36. The Morgan fingerprint density at radius 3 is 1.68 bits per heavy atom. The number of rotatable bonds is 14. The lowest BCUT2D eigenvalue weighted by Crippen LogP contribution is -2.39. The molecule has 0 amide bonds. The van der Waals surface area contributed by atoms with Crippen LogP contribution in [0.15, 0.2) is 91.0 Å². The highest BCUT2D eigenvalue weighted by atomic mass is 31.2. The van der Waals surface area contributed by atoms with Crippen molar-refractivity contribution >= 4 is 7.60 Å². The fourth-order valence-corrected chi connectivity index (χ4v) is 5.63. The van der Waals surface area contributed by atoms with Gasteiger partial charge in [0.25, 0.3) is 0 Å². The van der Waals surface area contributed by atoms with E-state index < -0.39 is 32.0 Å². The summed E-state index contributed by atoms with van der Waals surface area (Å²) >= 11 is 0. The zero-order valence-corrected chi connectivity index (χ0v) is 22.0. The van der Waals surface area contributed by atoms with Crippen molar-refractivity contribution < 1.29 is 32.9 Å². The van der Waals surface area contributed by atoms with E-state index in [1.165, 1.54) is 0 Å². The van der Waals surface area contributed by atoms with Crippen LogP contribution in [0.5, 0.6) is 0 Å².